The average molecular weight is 547 g/mol. The number of para-hydroxylation sites is 2. The van der Waals surface area contributed by atoms with Crippen LogP contribution >= 0.6 is 0 Å². The number of rotatable bonds is 2. The van der Waals surface area contributed by atoms with E-state index in [1.165, 1.54) is 43.8 Å². The lowest BCUT2D eigenvalue weighted by Crippen LogP contribution is -2.04. The molecule has 3 aromatic heterocycles. The highest BCUT2D eigenvalue weighted by Crippen LogP contribution is 2.51. The summed E-state index contributed by atoms with van der Waals surface area (Å²) in [4.78, 5) is 15.6. The van der Waals surface area contributed by atoms with E-state index in [1.807, 2.05) is 42.6 Å². The van der Waals surface area contributed by atoms with E-state index in [1.54, 1.807) is 0 Å². The van der Waals surface area contributed by atoms with Gasteiger partial charge >= 0.3 is 0 Å². The molecule has 0 unspecified atom stereocenters. The van der Waals surface area contributed by atoms with E-state index in [0.717, 1.165) is 50.0 Å². The molecule has 1 aliphatic rings. The van der Waals surface area contributed by atoms with Gasteiger partial charge in [-0.05, 0) is 63.4 Å². The predicted molar refractivity (Wildman–Crippen MR) is 177 cm³/mol. The molecule has 9 aromatic rings. The van der Waals surface area contributed by atoms with Gasteiger partial charge in [0.15, 0.2) is 5.82 Å². The molecule has 3 heterocycles. The van der Waals surface area contributed by atoms with Crippen molar-refractivity contribution < 1.29 is 0 Å². The topological polar surface area (TPSA) is 43.6 Å². The van der Waals surface area contributed by atoms with Gasteiger partial charge in [-0.1, -0.05) is 97.1 Å². The Labute approximate surface area is 246 Å². The molecule has 1 aliphatic carbocycles. The maximum atomic E-state index is 5.37. The van der Waals surface area contributed by atoms with E-state index < -0.39 is 0 Å². The van der Waals surface area contributed by atoms with Crippen LogP contribution in [0.3, 0.4) is 0 Å². The molecule has 0 spiro atoms. The van der Waals surface area contributed by atoms with Gasteiger partial charge in [0.25, 0.3) is 0 Å². The fourth-order valence-corrected chi connectivity index (χ4v) is 7.15. The summed E-state index contributed by atoms with van der Waals surface area (Å²) in [7, 11) is 0. The van der Waals surface area contributed by atoms with Crippen molar-refractivity contribution in [3.05, 3.63) is 134 Å². The Hall–Kier alpha value is -5.87. The number of pyridine rings is 1. The van der Waals surface area contributed by atoms with Crippen LogP contribution in [0.5, 0.6) is 0 Å². The van der Waals surface area contributed by atoms with Gasteiger partial charge in [0.1, 0.15) is 5.69 Å². The highest BCUT2D eigenvalue weighted by molar-refractivity contribution is 6.33. The summed E-state index contributed by atoms with van der Waals surface area (Å²) >= 11 is 0. The van der Waals surface area contributed by atoms with Gasteiger partial charge in [0, 0.05) is 27.9 Å². The first-order valence-electron chi connectivity index (χ1n) is 14.5. The molecule has 0 aliphatic heterocycles. The number of nitrogens with zero attached hydrogens (tertiary/aromatic N) is 4. The van der Waals surface area contributed by atoms with Gasteiger partial charge in [0.2, 0.25) is 0 Å². The molecule has 0 saturated heterocycles. The number of aromatic nitrogens is 4. The van der Waals surface area contributed by atoms with E-state index in [2.05, 4.69) is 95.6 Å². The van der Waals surface area contributed by atoms with Crippen molar-refractivity contribution in [3.63, 3.8) is 0 Å². The quantitative estimate of drug-likeness (QED) is 0.217. The van der Waals surface area contributed by atoms with E-state index in [0.29, 0.717) is 0 Å². The molecule has 0 saturated carbocycles. The van der Waals surface area contributed by atoms with Crippen LogP contribution in [0, 0.1) is 0 Å². The summed E-state index contributed by atoms with van der Waals surface area (Å²) in [6, 6.07) is 45.0. The molecule has 0 atom stereocenters. The van der Waals surface area contributed by atoms with Crippen LogP contribution in [0.1, 0.15) is 0 Å². The van der Waals surface area contributed by atoms with Crippen LogP contribution in [-0.4, -0.2) is 19.5 Å². The first-order valence-corrected chi connectivity index (χ1v) is 14.5. The fourth-order valence-electron chi connectivity index (χ4n) is 7.15. The minimum atomic E-state index is 0.805. The first kappa shape index (κ1) is 22.8. The van der Waals surface area contributed by atoms with Crippen LogP contribution < -0.4 is 0 Å². The minimum Gasteiger partial charge on any atom is -0.290 e. The summed E-state index contributed by atoms with van der Waals surface area (Å²) < 4.78 is 2.33. The Morgan fingerprint density at radius 2 is 1.21 bits per heavy atom. The molecule has 0 N–H and O–H groups in total. The van der Waals surface area contributed by atoms with Crippen molar-refractivity contribution in [2.24, 2.45) is 0 Å². The fraction of sp³-hybridized carbons (Fsp3) is 0. The smallest absolute Gasteiger partial charge is 0.165 e. The predicted octanol–water partition coefficient (Wildman–Crippen LogP) is 9.74. The van der Waals surface area contributed by atoms with Crippen LogP contribution in [0.25, 0.3) is 93.8 Å². The summed E-state index contributed by atoms with van der Waals surface area (Å²) in [5, 5.41) is 6.02. The second kappa shape index (κ2) is 8.34. The number of hydrogen-bond donors (Lipinski definition) is 0. The third-order valence-electron chi connectivity index (χ3n) is 8.93. The van der Waals surface area contributed by atoms with Crippen LogP contribution in [0.4, 0.5) is 0 Å². The summed E-state index contributed by atoms with van der Waals surface area (Å²) in [6.07, 6.45) is 1.89. The third-order valence-corrected chi connectivity index (χ3v) is 8.93. The zero-order valence-electron chi connectivity index (χ0n) is 23.0. The van der Waals surface area contributed by atoms with Crippen molar-refractivity contribution in [2.75, 3.05) is 0 Å². The van der Waals surface area contributed by atoms with Gasteiger partial charge in [-0.3, -0.25) is 9.55 Å². The third kappa shape index (κ3) is 3.02. The van der Waals surface area contributed by atoms with Crippen molar-refractivity contribution >= 4 is 54.5 Å². The van der Waals surface area contributed by atoms with Gasteiger partial charge in [-0.15, -0.1) is 0 Å². The Morgan fingerprint density at radius 3 is 2.07 bits per heavy atom. The number of fused-ring (bicyclic) bond motifs is 6. The molecular formula is C39H22N4. The van der Waals surface area contributed by atoms with Crippen LogP contribution in [-0.2, 0) is 0 Å². The highest BCUT2D eigenvalue weighted by atomic mass is 15.1. The van der Waals surface area contributed by atoms with Crippen LogP contribution in [0.15, 0.2) is 134 Å². The van der Waals surface area contributed by atoms with E-state index in [4.69, 9.17) is 15.0 Å². The number of benzene rings is 6. The molecule has 4 heteroatoms. The largest absolute Gasteiger partial charge is 0.290 e. The van der Waals surface area contributed by atoms with E-state index in [9.17, 15) is 0 Å². The van der Waals surface area contributed by atoms with E-state index >= 15 is 0 Å². The SMILES string of the molecule is c1ccc(-c2nc3ccccc3nc2-n2c3ccc4cccc5c4c3c3c(cc4cccnc4c32)-c2ccccc2-5)cc1. The lowest BCUT2D eigenvalue weighted by Gasteiger charge is -2.16. The molecule has 0 fully saturated rings. The molecule has 4 nitrogen and oxygen atoms in total. The van der Waals surface area contributed by atoms with Gasteiger partial charge in [-0.25, -0.2) is 9.97 Å². The average Bonchev–Trinajstić information content (AvgIpc) is 3.37. The van der Waals surface area contributed by atoms with Crippen LogP contribution in [0.2, 0.25) is 0 Å². The first-order chi connectivity index (χ1) is 21.3. The Bertz CT molecular complexity index is 2610. The maximum Gasteiger partial charge on any atom is 0.165 e. The monoisotopic (exact) mass is 546 g/mol. The zero-order chi connectivity index (χ0) is 28.1. The minimum absolute atomic E-state index is 0.805. The standard InChI is InChI=1S/C39H22N4/c1-2-10-24(11-3-1)37-39(42-31-18-7-6-17-30(31)41-37)43-32-20-19-23-12-8-16-28-26-14-4-5-15-27(26)29-22-25-13-9-21-40-36(25)38(43)34(29)35(32)33(23)28/h1-22H. The summed E-state index contributed by atoms with van der Waals surface area (Å²) in [6.45, 7) is 0. The second-order valence-corrected chi connectivity index (χ2v) is 11.2. The van der Waals surface area contributed by atoms with E-state index in [-0.39, 0.29) is 0 Å². The number of hydrogen-bond acceptors (Lipinski definition) is 3. The lowest BCUT2D eigenvalue weighted by atomic mass is 9.93. The summed E-state index contributed by atoms with van der Waals surface area (Å²) in [5.74, 6) is 0.805. The Morgan fingerprint density at radius 1 is 0.488 bits per heavy atom. The molecule has 0 amide bonds. The lowest BCUT2D eigenvalue weighted by molar-refractivity contribution is 1.08. The maximum absolute atomic E-state index is 5.37. The van der Waals surface area contributed by atoms with Crippen molar-refractivity contribution in [2.45, 2.75) is 0 Å². The highest BCUT2D eigenvalue weighted by Gasteiger charge is 2.28. The van der Waals surface area contributed by atoms with Crippen molar-refractivity contribution in [1.82, 2.24) is 19.5 Å². The second-order valence-electron chi connectivity index (χ2n) is 11.2. The zero-order valence-corrected chi connectivity index (χ0v) is 23.0. The van der Waals surface area contributed by atoms with Gasteiger partial charge < -0.3 is 0 Å². The van der Waals surface area contributed by atoms with Gasteiger partial charge in [-0.2, -0.15) is 0 Å². The molecule has 0 bridgehead atoms. The van der Waals surface area contributed by atoms with Gasteiger partial charge in [0.05, 0.1) is 27.6 Å². The molecule has 0 radical (unpaired) electrons. The molecule has 10 rings (SSSR count). The Kier molecular flexibility index (Phi) is 4.42. The molecular weight excluding hydrogens is 524 g/mol. The van der Waals surface area contributed by atoms with Crippen molar-refractivity contribution in [3.8, 4) is 39.3 Å². The normalized spacial score (nSPS) is 12.2. The molecule has 6 aromatic carbocycles. The molecule has 198 valence electrons. The summed E-state index contributed by atoms with van der Waals surface area (Å²) in [5.41, 5.74) is 11.7. The molecule has 43 heavy (non-hydrogen) atoms. The Balaban J connectivity index is 1.51. The van der Waals surface area contributed by atoms with Crippen molar-refractivity contribution in [1.29, 1.82) is 0 Å².